The first-order valence-electron chi connectivity index (χ1n) is 9.57. The topological polar surface area (TPSA) is 12.0 Å². The lowest BCUT2D eigenvalue weighted by Gasteiger charge is -2.31. The highest BCUT2D eigenvalue weighted by atomic mass is 28.3. The van der Waals surface area contributed by atoms with Crippen LogP contribution in [0.1, 0.15) is 64.9 Å². The summed E-state index contributed by atoms with van der Waals surface area (Å²) < 4.78 is 0. The number of benzene rings is 1. The molecule has 0 amide bonds. The number of hydrogen-bond donors (Lipinski definition) is 1. The van der Waals surface area contributed by atoms with Crippen molar-refractivity contribution in [2.45, 2.75) is 72.3 Å². The summed E-state index contributed by atoms with van der Waals surface area (Å²) in [5.74, 6) is 0. The molecule has 0 aromatic heterocycles. The Balaban J connectivity index is 1.97. The minimum absolute atomic E-state index is 0.231. The predicted octanol–water partition coefficient (Wildman–Crippen LogP) is 4.96. The predicted molar refractivity (Wildman–Crippen MR) is 107 cm³/mol. The largest absolute Gasteiger partial charge is 0.328 e. The van der Waals surface area contributed by atoms with Gasteiger partial charge in [0, 0.05) is 6.04 Å². The molecule has 0 aliphatic heterocycles. The van der Waals surface area contributed by atoms with Crippen LogP contribution < -0.4 is 10.2 Å². The van der Waals surface area contributed by atoms with Gasteiger partial charge in [-0.1, -0.05) is 87.2 Å². The van der Waals surface area contributed by atoms with E-state index in [2.05, 4.69) is 69.1 Å². The van der Waals surface area contributed by atoms with Crippen molar-refractivity contribution in [2.24, 2.45) is 5.41 Å². The van der Waals surface area contributed by atoms with E-state index in [-0.39, 0.29) is 5.41 Å². The molecule has 1 aromatic carbocycles. The minimum Gasteiger partial charge on any atom is -0.328 e. The molecule has 3 rings (SSSR count). The van der Waals surface area contributed by atoms with Crippen LogP contribution in [0.4, 0.5) is 0 Å². The summed E-state index contributed by atoms with van der Waals surface area (Å²) in [7, 11) is -0.892. The number of aryl methyl sites for hydroxylation is 1. The first-order chi connectivity index (χ1) is 11.5. The highest BCUT2D eigenvalue weighted by Crippen LogP contribution is 2.35. The van der Waals surface area contributed by atoms with E-state index in [1.165, 1.54) is 37.7 Å². The van der Waals surface area contributed by atoms with Crippen molar-refractivity contribution in [3.63, 3.8) is 0 Å². The fourth-order valence-corrected chi connectivity index (χ4v) is 7.22. The van der Waals surface area contributed by atoms with Crippen molar-refractivity contribution >= 4 is 14.1 Å². The summed E-state index contributed by atoms with van der Waals surface area (Å²) in [6, 6.07) is 9.74. The van der Waals surface area contributed by atoms with Crippen LogP contribution in [0, 0.1) is 12.3 Å². The Kier molecular flexibility index (Phi) is 5.46. The molecule has 0 bridgehead atoms. The Morgan fingerprint density at radius 2 is 1.75 bits per heavy atom. The van der Waals surface area contributed by atoms with E-state index in [9.17, 15) is 0 Å². The van der Waals surface area contributed by atoms with E-state index in [0.717, 1.165) is 6.42 Å². The second-order valence-electron chi connectivity index (χ2n) is 8.42. The van der Waals surface area contributed by atoms with Crippen LogP contribution in [0.3, 0.4) is 0 Å². The maximum absolute atomic E-state index is 4.16. The summed E-state index contributed by atoms with van der Waals surface area (Å²) >= 11 is 0. The molecular weight excluding hydrogens is 306 g/mol. The molecule has 129 valence electrons. The zero-order valence-corrected chi connectivity index (χ0v) is 16.8. The first-order valence-corrected chi connectivity index (χ1v) is 11.1. The third kappa shape index (κ3) is 3.92. The molecule has 24 heavy (non-hydrogen) atoms. The van der Waals surface area contributed by atoms with E-state index < -0.39 is 8.96 Å². The van der Waals surface area contributed by atoms with Crippen LogP contribution in [0.25, 0.3) is 0 Å². The van der Waals surface area contributed by atoms with E-state index >= 15 is 0 Å². The third-order valence-electron chi connectivity index (χ3n) is 5.41. The quantitative estimate of drug-likeness (QED) is 0.765. The lowest BCUT2D eigenvalue weighted by Crippen LogP contribution is -2.53. The number of allylic oxidation sites excluding steroid dienone is 4. The molecule has 1 saturated carbocycles. The van der Waals surface area contributed by atoms with E-state index in [4.69, 9.17) is 0 Å². The smallest absolute Gasteiger partial charge is 0.203 e. The van der Waals surface area contributed by atoms with Gasteiger partial charge in [0.15, 0.2) is 0 Å². The maximum atomic E-state index is 4.16. The molecule has 0 saturated heterocycles. The van der Waals surface area contributed by atoms with Crippen LogP contribution in [-0.2, 0) is 0 Å². The maximum Gasteiger partial charge on any atom is 0.203 e. The van der Waals surface area contributed by atoms with Crippen LogP contribution in [0.15, 0.2) is 47.2 Å². The lowest BCUT2D eigenvalue weighted by molar-refractivity contribution is 0.417. The second-order valence-corrected chi connectivity index (χ2v) is 10.6. The Labute approximate surface area is 149 Å². The van der Waals surface area contributed by atoms with Crippen LogP contribution >= 0.6 is 0 Å². The summed E-state index contributed by atoms with van der Waals surface area (Å²) in [6.07, 6.45) is 12.8. The highest BCUT2D eigenvalue weighted by molar-refractivity contribution is 6.78. The molecule has 1 fully saturated rings. The number of nitrogens with one attached hydrogen (secondary N) is 1. The Hall–Kier alpha value is -1.12. The van der Waals surface area contributed by atoms with Crippen molar-refractivity contribution in [3.8, 4) is 0 Å². The first kappa shape index (κ1) is 17.7. The average molecular weight is 339 g/mol. The molecule has 2 aliphatic rings. The van der Waals surface area contributed by atoms with Crippen molar-refractivity contribution in [1.82, 2.24) is 4.98 Å². The van der Waals surface area contributed by atoms with Gasteiger partial charge in [0.25, 0.3) is 0 Å². The highest BCUT2D eigenvalue weighted by Gasteiger charge is 2.31. The third-order valence-corrected chi connectivity index (χ3v) is 8.28. The zero-order valence-electron chi connectivity index (χ0n) is 15.8. The number of hydrogen-bond acceptors (Lipinski definition) is 1. The van der Waals surface area contributed by atoms with Gasteiger partial charge < -0.3 is 4.98 Å². The van der Waals surface area contributed by atoms with E-state index in [1.807, 2.05) is 0 Å². The van der Waals surface area contributed by atoms with Gasteiger partial charge in [-0.2, -0.15) is 0 Å². The molecule has 1 N–H and O–H groups in total. The van der Waals surface area contributed by atoms with Gasteiger partial charge >= 0.3 is 0 Å². The monoisotopic (exact) mass is 338 g/mol. The van der Waals surface area contributed by atoms with Gasteiger partial charge in [-0.05, 0) is 42.4 Å². The zero-order chi connectivity index (χ0) is 17.2. The normalized spacial score (nSPS) is 19.5. The van der Waals surface area contributed by atoms with Crippen LogP contribution in [-0.4, -0.2) is 15.0 Å². The van der Waals surface area contributed by atoms with Gasteiger partial charge in [-0.15, -0.1) is 0 Å². The molecule has 0 heterocycles. The van der Waals surface area contributed by atoms with Crippen molar-refractivity contribution in [2.75, 3.05) is 0 Å². The SMILES string of the molecule is Cc1ccccc1[Si](NC1CCCCC1)C1=C(C(C)(C)C)C=CC1. The Morgan fingerprint density at radius 1 is 1.04 bits per heavy atom. The van der Waals surface area contributed by atoms with Crippen LogP contribution in [0.2, 0.25) is 0 Å². The number of rotatable bonds is 4. The van der Waals surface area contributed by atoms with Gasteiger partial charge in [0.05, 0.1) is 0 Å². The Morgan fingerprint density at radius 3 is 2.42 bits per heavy atom. The van der Waals surface area contributed by atoms with Gasteiger partial charge in [0.2, 0.25) is 8.96 Å². The molecule has 1 aromatic rings. The summed E-state index contributed by atoms with van der Waals surface area (Å²) in [5, 5.41) is 3.25. The van der Waals surface area contributed by atoms with Crippen molar-refractivity contribution in [3.05, 3.63) is 52.8 Å². The van der Waals surface area contributed by atoms with Crippen LogP contribution in [0.5, 0.6) is 0 Å². The summed E-state index contributed by atoms with van der Waals surface area (Å²) in [5.41, 5.74) is 3.25. The summed E-state index contributed by atoms with van der Waals surface area (Å²) in [6.45, 7) is 9.35. The summed E-state index contributed by atoms with van der Waals surface area (Å²) in [4.78, 5) is 4.16. The molecule has 1 nitrogen and oxygen atoms in total. The molecule has 0 atom stereocenters. The van der Waals surface area contributed by atoms with Crippen molar-refractivity contribution in [1.29, 1.82) is 0 Å². The molecule has 0 unspecified atom stereocenters. The fraction of sp³-hybridized carbons (Fsp3) is 0.545. The standard InChI is InChI=1S/C22H32NSi/c1-17-11-8-9-15-20(17)24(23-18-12-6-5-7-13-18)21-16-10-14-19(21)22(2,3)4/h8-11,14-15,18,23H,5-7,12-13,16H2,1-4H3. The van der Waals surface area contributed by atoms with Gasteiger partial charge in [0.1, 0.15) is 0 Å². The lowest BCUT2D eigenvalue weighted by atomic mass is 9.87. The Bertz CT molecular complexity index is 630. The van der Waals surface area contributed by atoms with Gasteiger partial charge in [-0.3, -0.25) is 0 Å². The molecule has 2 aliphatic carbocycles. The van der Waals surface area contributed by atoms with Crippen molar-refractivity contribution < 1.29 is 0 Å². The molecule has 2 heteroatoms. The van der Waals surface area contributed by atoms with Gasteiger partial charge in [-0.25, -0.2) is 0 Å². The van der Waals surface area contributed by atoms with E-state index in [1.54, 1.807) is 16.0 Å². The van der Waals surface area contributed by atoms with E-state index in [0.29, 0.717) is 6.04 Å². The minimum atomic E-state index is -0.892. The fourth-order valence-electron chi connectivity index (χ4n) is 4.08. The molecular formula is C22H32NSi. The molecule has 1 radical (unpaired) electrons. The average Bonchev–Trinajstić information content (AvgIpc) is 3.04. The second kappa shape index (κ2) is 7.41. The molecule has 0 spiro atoms.